The fraction of sp³-hybridized carbons (Fsp3) is 0.391. The Bertz CT molecular complexity index is 1040. The molecule has 0 unspecified atom stereocenters. The molecule has 9 heteroatoms. The standard InChI is InChI=1S/C23H23Cl2FN2O4/c1-31-19-5-2-14(8-17(19)25)6-7-27-21(30)22-11-23(12-22,13-22)28-20(29)10-32-15-3-4-16(24)18(26)9-15/h2-5,8-9H,6-7,10-13H2,1H3,(H,27,30)(H,28,29). The first-order chi connectivity index (χ1) is 15.2. The van der Waals surface area contributed by atoms with Gasteiger partial charge in [0.15, 0.2) is 6.61 Å². The van der Waals surface area contributed by atoms with Crippen LogP contribution in [0.2, 0.25) is 10.0 Å². The van der Waals surface area contributed by atoms with Gasteiger partial charge in [-0.3, -0.25) is 9.59 Å². The summed E-state index contributed by atoms with van der Waals surface area (Å²) in [6, 6.07) is 9.56. The van der Waals surface area contributed by atoms with Gasteiger partial charge in [0.1, 0.15) is 17.3 Å². The van der Waals surface area contributed by atoms with Crippen LogP contribution in [0.15, 0.2) is 36.4 Å². The Hall–Kier alpha value is -2.51. The third-order valence-corrected chi connectivity index (χ3v) is 6.69. The van der Waals surface area contributed by atoms with Crippen LogP contribution >= 0.6 is 23.2 Å². The topological polar surface area (TPSA) is 76.7 Å². The molecule has 2 N–H and O–H groups in total. The SMILES string of the molecule is COc1ccc(CCNC(=O)C23CC(NC(=O)COc4ccc(Cl)c(F)c4)(C2)C3)cc1Cl. The Morgan fingerprint density at radius 2 is 1.84 bits per heavy atom. The van der Waals surface area contributed by atoms with Gasteiger partial charge in [-0.15, -0.1) is 0 Å². The maximum atomic E-state index is 13.4. The van der Waals surface area contributed by atoms with Crippen molar-refractivity contribution < 1.29 is 23.5 Å². The molecule has 2 amide bonds. The Labute approximate surface area is 195 Å². The number of rotatable bonds is 9. The molecule has 0 spiro atoms. The number of halogens is 3. The molecule has 0 aromatic heterocycles. The van der Waals surface area contributed by atoms with E-state index in [1.54, 1.807) is 13.2 Å². The van der Waals surface area contributed by atoms with Crippen molar-refractivity contribution in [2.45, 2.75) is 31.2 Å². The lowest BCUT2D eigenvalue weighted by molar-refractivity contribution is -0.183. The van der Waals surface area contributed by atoms with E-state index in [9.17, 15) is 14.0 Å². The highest BCUT2D eigenvalue weighted by atomic mass is 35.5. The van der Waals surface area contributed by atoms with Crippen molar-refractivity contribution in [1.29, 1.82) is 0 Å². The first-order valence-electron chi connectivity index (χ1n) is 10.2. The van der Waals surface area contributed by atoms with E-state index < -0.39 is 11.2 Å². The van der Waals surface area contributed by atoms with Gasteiger partial charge in [0.2, 0.25) is 5.91 Å². The zero-order valence-corrected chi connectivity index (χ0v) is 19.0. The van der Waals surface area contributed by atoms with E-state index in [-0.39, 0.29) is 34.7 Å². The number of amides is 2. The average molecular weight is 481 g/mol. The minimum absolute atomic E-state index is 0.00737. The molecular formula is C23H23Cl2FN2O4. The Balaban J connectivity index is 1.18. The molecule has 170 valence electrons. The summed E-state index contributed by atoms with van der Waals surface area (Å²) in [5.41, 5.74) is 0.273. The molecule has 0 atom stereocenters. The summed E-state index contributed by atoms with van der Waals surface area (Å²) in [5, 5.41) is 6.47. The monoisotopic (exact) mass is 480 g/mol. The van der Waals surface area contributed by atoms with Gasteiger partial charge < -0.3 is 20.1 Å². The molecule has 32 heavy (non-hydrogen) atoms. The van der Waals surface area contributed by atoms with Gasteiger partial charge >= 0.3 is 0 Å². The second-order valence-corrected chi connectivity index (χ2v) is 9.29. The Kier molecular flexibility index (Phi) is 6.23. The van der Waals surface area contributed by atoms with Crippen LogP contribution in [0.5, 0.6) is 11.5 Å². The Morgan fingerprint density at radius 3 is 2.50 bits per heavy atom. The highest BCUT2D eigenvalue weighted by molar-refractivity contribution is 6.32. The van der Waals surface area contributed by atoms with Crippen molar-refractivity contribution in [3.63, 3.8) is 0 Å². The van der Waals surface area contributed by atoms with Gasteiger partial charge in [-0.1, -0.05) is 29.3 Å². The fourth-order valence-corrected chi connectivity index (χ4v) is 4.98. The number of nitrogens with one attached hydrogen (secondary N) is 2. The maximum absolute atomic E-state index is 13.4. The summed E-state index contributed by atoms with van der Waals surface area (Å²) >= 11 is 11.8. The summed E-state index contributed by atoms with van der Waals surface area (Å²) in [7, 11) is 1.56. The third kappa shape index (κ3) is 4.50. The van der Waals surface area contributed by atoms with Crippen molar-refractivity contribution in [2.24, 2.45) is 5.41 Å². The lowest BCUT2D eigenvalue weighted by Crippen LogP contribution is -2.78. The number of hydrogen-bond donors (Lipinski definition) is 2. The van der Waals surface area contributed by atoms with Crippen LogP contribution in [-0.4, -0.2) is 37.6 Å². The lowest BCUT2D eigenvalue weighted by Gasteiger charge is -2.69. The number of methoxy groups -OCH3 is 1. The molecule has 3 aliphatic rings. The van der Waals surface area contributed by atoms with Crippen molar-refractivity contribution in [3.8, 4) is 11.5 Å². The molecule has 2 bridgehead atoms. The summed E-state index contributed by atoms with van der Waals surface area (Å²) in [4.78, 5) is 24.8. The van der Waals surface area contributed by atoms with Gasteiger partial charge in [-0.05, 0) is 55.5 Å². The fourth-order valence-electron chi connectivity index (χ4n) is 4.58. The quantitative estimate of drug-likeness (QED) is 0.570. The van der Waals surface area contributed by atoms with E-state index in [0.29, 0.717) is 43.0 Å². The van der Waals surface area contributed by atoms with Crippen LogP contribution in [0, 0.1) is 11.2 Å². The molecule has 6 nitrogen and oxygen atoms in total. The van der Waals surface area contributed by atoms with E-state index in [1.165, 1.54) is 12.1 Å². The van der Waals surface area contributed by atoms with E-state index in [1.807, 2.05) is 12.1 Å². The number of benzene rings is 2. The van der Waals surface area contributed by atoms with E-state index in [2.05, 4.69) is 10.6 Å². The second-order valence-electron chi connectivity index (χ2n) is 8.48. The minimum atomic E-state index is -0.605. The number of hydrogen-bond acceptors (Lipinski definition) is 4. The molecule has 2 aromatic rings. The smallest absolute Gasteiger partial charge is 0.258 e. The van der Waals surface area contributed by atoms with Crippen LogP contribution < -0.4 is 20.1 Å². The molecule has 3 saturated carbocycles. The van der Waals surface area contributed by atoms with Crippen molar-refractivity contribution in [2.75, 3.05) is 20.3 Å². The summed E-state index contributed by atoms with van der Waals surface area (Å²) in [6.07, 6.45) is 2.50. The van der Waals surface area contributed by atoms with Crippen molar-refractivity contribution in [3.05, 3.63) is 57.8 Å². The van der Waals surface area contributed by atoms with Gasteiger partial charge in [0.05, 0.1) is 22.6 Å². The van der Waals surface area contributed by atoms with Crippen LogP contribution in [0.25, 0.3) is 0 Å². The van der Waals surface area contributed by atoms with E-state index >= 15 is 0 Å². The highest BCUT2D eigenvalue weighted by Crippen LogP contribution is 2.67. The Morgan fingerprint density at radius 1 is 1.09 bits per heavy atom. The molecule has 2 aromatic carbocycles. The highest BCUT2D eigenvalue weighted by Gasteiger charge is 2.72. The molecule has 5 rings (SSSR count). The third-order valence-electron chi connectivity index (χ3n) is 6.09. The van der Waals surface area contributed by atoms with Gasteiger partial charge in [0.25, 0.3) is 5.91 Å². The molecular weight excluding hydrogens is 458 g/mol. The largest absolute Gasteiger partial charge is 0.495 e. The molecule has 0 saturated heterocycles. The normalized spacial score (nSPS) is 22.9. The molecule has 0 aliphatic heterocycles. The predicted octanol–water partition coefficient (Wildman–Crippen LogP) is 3.92. The maximum Gasteiger partial charge on any atom is 0.258 e. The van der Waals surface area contributed by atoms with Gasteiger partial charge in [-0.2, -0.15) is 0 Å². The lowest BCUT2D eigenvalue weighted by atomic mass is 9.39. The zero-order valence-electron chi connectivity index (χ0n) is 17.5. The molecule has 0 heterocycles. The van der Waals surface area contributed by atoms with Crippen LogP contribution in [0.4, 0.5) is 4.39 Å². The van der Waals surface area contributed by atoms with Gasteiger partial charge in [0, 0.05) is 18.2 Å². The molecule has 3 aliphatic carbocycles. The van der Waals surface area contributed by atoms with Crippen LogP contribution in [-0.2, 0) is 16.0 Å². The molecule has 0 radical (unpaired) electrons. The second kappa shape index (κ2) is 8.79. The summed E-state index contributed by atoms with van der Waals surface area (Å²) in [5.74, 6) is -0.0429. The zero-order chi connectivity index (χ0) is 22.9. The van der Waals surface area contributed by atoms with Crippen LogP contribution in [0.1, 0.15) is 24.8 Å². The average Bonchev–Trinajstić information content (AvgIpc) is 2.70. The first kappa shape index (κ1) is 22.7. The van der Waals surface area contributed by atoms with E-state index in [4.69, 9.17) is 32.7 Å². The minimum Gasteiger partial charge on any atom is -0.495 e. The van der Waals surface area contributed by atoms with Gasteiger partial charge in [-0.25, -0.2) is 4.39 Å². The number of carbonyl (C=O) groups is 2. The first-order valence-corrected chi connectivity index (χ1v) is 11.0. The summed E-state index contributed by atoms with van der Waals surface area (Å²) < 4.78 is 23.9. The molecule has 3 fully saturated rings. The van der Waals surface area contributed by atoms with Crippen molar-refractivity contribution in [1.82, 2.24) is 10.6 Å². The summed E-state index contributed by atoms with van der Waals surface area (Å²) in [6.45, 7) is 0.278. The van der Waals surface area contributed by atoms with E-state index in [0.717, 1.165) is 11.6 Å². The van der Waals surface area contributed by atoms with Crippen LogP contribution in [0.3, 0.4) is 0 Å². The number of ether oxygens (including phenoxy) is 2. The number of carbonyl (C=O) groups excluding carboxylic acids is 2. The van der Waals surface area contributed by atoms with Crippen molar-refractivity contribution >= 4 is 35.0 Å². The predicted molar refractivity (Wildman–Crippen MR) is 119 cm³/mol.